The third-order valence-electron chi connectivity index (χ3n) is 2.36. The highest BCUT2D eigenvalue weighted by Crippen LogP contribution is 2.15. The Morgan fingerprint density at radius 2 is 2.20 bits per heavy atom. The van der Waals surface area contributed by atoms with Gasteiger partial charge >= 0.3 is 0 Å². The van der Waals surface area contributed by atoms with Gasteiger partial charge in [-0.3, -0.25) is 4.79 Å². The second-order valence-corrected chi connectivity index (χ2v) is 5.67. The molecule has 1 aromatic heterocycles. The molecule has 0 saturated carbocycles. The molecule has 0 atom stereocenters. The Hall–Kier alpha value is -1.21. The van der Waals surface area contributed by atoms with Crippen molar-refractivity contribution in [1.82, 2.24) is 9.97 Å². The van der Waals surface area contributed by atoms with Crippen LogP contribution >= 0.6 is 0 Å². The molecule has 0 aromatic carbocycles. The third-order valence-corrected chi connectivity index (χ3v) is 3.90. The molecule has 0 unspecified atom stereocenters. The average molecular weight is 229 g/mol. The number of nitrogens with two attached hydrogens (primary N) is 1. The van der Waals surface area contributed by atoms with Crippen LogP contribution in [0.5, 0.6) is 0 Å². The number of hydrogen-bond acceptors (Lipinski definition) is 5. The summed E-state index contributed by atoms with van der Waals surface area (Å²) in [6.45, 7) is 0.0998. The van der Waals surface area contributed by atoms with Gasteiger partial charge in [0.25, 0.3) is 5.56 Å². The van der Waals surface area contributed by atoms with Crippen LogP contribution in [0.3, 0.4) is 0 Å². The van der Waals surface area contributed by atoms with Gasteiger partial charge in [0.1, 0.15) is 5.82 Å². The standard InChI is InChI=1S/C8H11N3O3S/c9-3-7-10-6-4-15(13,14)2-1-5(6)8(12)11-7/h1-4,9H2,(H,10,11,12). The normalized spacial score (nSPS) is 18.5. The van der Waals surface area contributed by atoms with E-state index in [4.69, 9.17) is 5.73 Å². The predicted octanol–water partition coefficient (Wildman–Crippen LogP) is -1.30. The monoisotopic (exact) mass is 229 g/mol. The second-order valence-electron chi connectivity index (χ2n) is 3.48. The van der Waals surface area contributed by atoms with Gasteiger partial charge in [-0.1, -0.05) is 0 Å². The van der Waals surface area contributed by atoms with Crippen molar-refractivity contribution in [2.45, 2.75) is 18.7 Å². The molecule has 1 aliphatic rings. The van der Waals surface area contributed by atoms with Gasteiger partial charge in [-0.25, -0.2) is 13.4 Å². The number of H-pyrrole nitrogens is 1. The zero-order chi connectivity index (χ0) is 11.1. The zero-order valence-corrected chi connectivity index (χ0v) is 8.80. The molecular formula is C8H11N3O3S. The summed E-state index contributed by atoms with van der Waals surface area (Å²) in [5.74, 6) is 0.197. The van der Waals surface area contributed by atoms with Crippen molar-refractivity contribution in [3.8, 4) is 0 Å². The summed E-state index contributed by atoms with van der Waals surface area (Å²) in [5.41, 5.74) is 5.90. The minimum absolute atomic E-state index is 0.0206. The molecule has 0 spiro atoms. The molecule has 15 heavy (non-hydrogen) atoms. The first-order valence-electron chi connectivity index (χ1n) is 4.53. The molecule has 2 rings (SSSR count). The summed E-state index contributed by atoms with van der Waals surface area (Å²) < 4.78 is 22.7. The van der Waals surface area contributed by atoms with Crippen molar-refractivity contribution in [3.05, 3.63) is 27.4 Å². The number of aromatic nitrogens is 2. The van der Waals surface area contributed by atoms with Gasteiger partial charge in [-0.05, 0) is 6.42 Å². The quantitative estimate of drug-likeness (QED) is 0.622. The SMILES string of the molecule is NCc1nc2c(c(=O)[nH]1)CCS(=O)(=O)C2. The fraction of sp³-hybridized carbons (Fsp3) is 0.500. The smallest absolute Gasteiger partial charge is 0.254 e. The first kappa shape index (κ1) is 10.3. The van der Waals surface area contributed by atoms with Crippen molar-refractivity contribution < 1.29 is 8.42 Å². The van der Waals surface area contributed by atoms with Crippen molar-refractivity contribution in [1.29, 1.82) is 0 Å². The van der Waals surface area contributed by atoms with E-state index in [9.17, 15) is 13.2 Å². The number of rotatable bonds is 1. The van der Waals surface area contributed by atoms with Gasteiger partial charge in [0.05, 0.1) is 23.7 Å². The first-order valence-corrected chi connectivity index (χ1v) is 6.35. The van der Waals surface area contributed by atoms with E-state index in [-0.39, 0.29) is 30.0 Å². The van der Waals surface area contributed by atoms with Crippen LogP contribution in [0.1, 0.15) is 17.1 Å². The zero-order valence-electron chi connectivity index (χ0n) is 7.99. The van der Waals surface area contributed by atoms with Gasteiger partial charge < -0.3 is 10.7 Å². The molecule has 0 bridgehead atoms. The molecule has 0 fully saturated rings. The fourth-order valence-corrected chi connectivity index (χ4v) is 2.92. The molecule has 0 aliphatic carbocycles. The van der Waals surface area contributed by atoms with E-state index in [1.54, 1.807) is 0 Å². The van der Waals surface area contributed by atoms with Gasteiger partial charge in [0.2, 0.25) is 0 Å². The van der Waals surface area contributed by atoms with E-state index in [1.165, 1.54) is 0 Å². The molecule has 0 radical (unpaired) electrons. The summed E-state index contributed by atoms with van der Waals surface area (Å²) in [7, 11) is -3.09. The van der Waals surface area contributed by atoms with Crippen LogP contribution in [0.25, 0.3) is 0 Å². The Morgan fingerprint density at radius 3 is 2.87 bits per heavy atom. The fourth-order valence-electron chi connectivity index (χ4n) is 1.61. The van der Waals surface area contributed by atoms with E-state index in [2.05, 4.69) is 9.97 Å². The molecule has 1 aliphatic heterocycles. The molecule has 3 N–H and O–H groups in total. The van der Waals surface area contributed by atoms with E-state index in [1.807, 2.05) is 0 Å². The van der Waals surface area contributed by atoms with Crippen LogP contribution in [-0.2, 0) is 28.6 Å². The lowest BCUT2D eigenvalue weighted by atomic mass is 10.2. The van der Waals surface area contributed by atoms with Gasteiger partial charge in [0.15, 0.2) is 9.84 Å². The summed E-state index contributed by atoms with van der Waals surface area (Å²) in [6.07, 6.45) is 0.241. The predicted molar refractivity (Wildman–Crippen MR) is 53.9 cm³/mol. The highest BCUT2D eigenvalue weighted by molar-refractivity contribution is 7.90. The molecule has 0 saturated heterocycles. The van der Waals surface area contributed by atoms with Crippen molar-refractivity contribution >= 4 is 9.84 Å². The molecule has 6 nitrogen and oxygen atoms in total. The largest absolute Gasteiger partial charge is 0.324 e. The number of aromatic amines is 1. The van der Waals surface area contributed by atoms with Crippen LogP contribution in [0, 0.1) is 0 Å². The molecule has 2 heterocycles. The van der Waals surface area contributed by atoms with Gasteiger partial charge in [-0.15, -0.1) is 0 Å². The molecular weight excluding hydrogens is 218 g/mol. The van der Waals surface area contributed by atoms with Crippen molar-refractivity contribution in [2.24, 2.45) is 5.73 Å². The molecule has 7 heteroatoms. The molecule has 82 valence electrons. The number of fused-ring (bicyclic) bond motifs is 1. The van der Waals surface area contributed by atoms with E-state index >= 15 is 0 Å². The Kier molecular flexibility index (Phi) is 2.35. The van der Waals surface area contributed by atoms with Crippen molar-refractivity contribution in [3.63, 3.8) is 0 Å². The van der Waals surface area contributed by atoms with E-state index < -0.39 is 9.84 Å². The lowest BCUT2D eigenvalue weighted by Crippen LogP contribution is -2.29. The average Bonchev–Trinajstić information content (AvgIpc) is 2.15. The highest BCUT2D eigenvalue weighted by Gasteiger charge is 2.24. The maximum absolute atomic E-state index is 11.5. The highest BCUT2D eigenvalue weighted by atomic mass is 32.2. The number of hydrogen-bond donors (Lipinski definition) is 2. The van der Waals surface area contributed by atoms with Crippen LogP contribution in [-0.4, -0.2) is 24.1 Å². The van der Waals surface area contributed by atoms with Gasteiger partial charge in [0, 0.05) is 5.56 Å². The molecule has 0 amide bonds. The van der Waals surface area contributed by atoms with Crippen molar-refractivity contribution in [2.75, 3.05) is 5.75 Å². The number of sulfone groups is 1. The maximum atomic E-state index is 11.5. The van der Waals surface area contributed by atoms with Crippen LogP contribution in [0.15, 0.2) is 4.79 Å². The summed E-state index contributed by atoms with van der Waals surface area (Å²) in [4.78, 5) is 18.1. The van der Waals surface area contributed by atoms with Crippen LogP contribution in [0.2, 0.25) is 0 Å². The topological polar surface area (TPSA) is 106 Å². The Morgan fingerprint density at radius 1 is 1.47 bits per heavy atom. The number of nitrogens with one attached hydrogen (secondary N) is 1. The van der Waals surface area contributed by atoms with E-state index in [0.29, 0.717) is 17.1 Å². The van der Waals surface area contributed by atoms with Crippen LogP contribution in [0.4, 0.5) is 0 Å². The minimum atomic E-state index is -3.09. The second kappa shape index (κ2) is 3.42. The Bertz CT molecular complexity index is 547. The maximum Gasteiger partial charge on any atom is 0.254 e. The lowest BCUT2D eigenvalue weighted by molar-refractivity contribution is 0.589. The summed E-state index contributed by atoms with van der Waals surface area (Å²) >= 11 is 0. The molecule has 1 aromatic rings. The van der Waals surface area contributed by atoms with E-state index in [0.717, 1.165) is 0 Å². The minimum Gasteiger partial charge on any atom is -0.324 e. The summed E-state index contributed by atoms with van der Waals surface area (Å²) in [5, 5.41) is 0. The Labute approximate surface area is 86.5 Å². The first-order chi connectivity index (χ1) is 7.02. The number of nitrogens with zero attached hydrogens (tertiary/aromatic N) is 1. The summed E-state index contributed by atoms with van der Waals surface area (Å²) in [6, 6.07) is 0. The van der Waals surface area contributed by atoms with Gasteiger partial charge in [-0.2, -0.15) is 0 Å². The lowest BCUT2D eigenvalue weighted by Gasteiger charge is -2.14. The Balaban J connectivity index is 2.59. The van der Waals surface area contributed by atoms with Crippen LogP contribution < -0.4 is 11.3 Å². The third kappa shape index (κ3) is 1.93.